The number of aromatic nitrogens is 2. The Morgan fingerprint density at radius 1 is 1.18 bits per heavy atom. The molecule has 8 heteroatoms. The average Bonchev–Trinajstić information content (AvgIpc) is 3.28. The molecule has 2 aromatic rings. The third-order valence-electron chi connectivity index (χ3n) is 4.91. The molecule has 1 aliphatic heterocycles. The van der Waals surface area contributed by atoms with Crippen LogP contribution in [0.3, 0.4) is 0 Å². The van der Waals surface area contributed by atoms with Gasteiger partial charge in [-0.1, -0.05) is 20.3 Å². The molecular formula is C20H29N3O4S. The van der Waals surface area contributed by atoms with Gasteiger partial charge in [0.2, 0.25) is 11.8 Å². The van der Waals surface area contributed by atoms with Crippen LogP contribution in [0.25, 0.3) is 11.5 Å². The second kappa shape index (κ2) is 9.52. The van der Waals surface area contributed by atoms with Crippen molar-refractivity contribution in [3.8, 4) is 17.2 Å². The molecule has 1 aliphatic rings. The van der Waals surface area contributed by atoms with Crippen molar-refractivity contribution in [3.63, 3.8) is 0 Å². The van der Waals surface area contributed by atoms with Crippen LogP contribution in [0.1, 0.15) is 45.4 Å². The first-order chi connectivity index (χ1) is 13.5. The lowest BCUT2D eigenvalue weighted by Gasteiger charge is -2.25. The highest BCUT2D eigenvalue weighted by atomic mass is 32.2. The molecule has 7 nitrogen and oxygen atoms in total. The molecular weight excluding hydrogens is 378 g/mol. The first kappa shape index (κ1) is 20.8. The molecule has 1 saturated heterocycles. The van der Waals surface area contributed by atoms with Crippen LogP contribution >= 0.6 is 0 Å². The summed E-state index contributed by atoms with van der Waals surface area (Å²) in [6, 6.07) is 7.65. The van der Waals surface area contributed by atoms with E-state index in [0.29, 0.717) is 31.4 Å². The SMILES string of the molecule is CCCCOc1ccc(-c2nnc(CN(CCC)C3CCS(=O)(=O)C3)o2)cc1. The molecule has 0 radical (unpaired) electrons. The maximum absolute atomic E-state index is 11.8. The Labute approximate surface area is 167 Å². The monoisotopic (exact) mass is 407 g/mol. The van der Waals surface area contributed by atoms with E-state index in [1.165, 1.54) is 0 Å². The molecule has 1 atom stereocenters. The fraction of sp³-hybridized carbons (Fsp3) is 0.600. The summed E-state index contributed by atoms with van der Waals surface area (Å²) in [5, 5.41) is 8.32. The van der Waals surface area contributed by atoms with Crippen LogP contribution in [0.5, 0.6) is 5.75 Å². The molecule has 0 amide bonds. The summed E-state index contributed by atoms with van der Waals surface area (Å²) in [5.74, 6) is 2.28. The highest BCUT2D eigenvalue weighted by Crippen LogP contribution is 2.24. The molecule has 0 spiro atoms. The van der Waals surface area contributed by atoms with Crippen LogP contribution in [0, 0.1) is 0 Å². The summed E-state index contributed by atoms with van der Waals surface area (Å²) in [6.45, 7) is 6.21. The molecule has 0 bridgehead atoms. The maximum Gasteiger partial charge on any atom is 0.247 e. The molecule has 154 valence electrons. The Bertz CT molecular complexity index is 849. The third-order valence-corrected chi connectivity index (χ3v) is 6.66. The van der Waals surface area contributed by atoms with Gasteiger partial charge in [-0.25, -0.2) is 8.42 Å². The molecule has 2 heterocycles. The van der Waals surface area contributed by atoms with E-state index in [-0.39, 0.29) is 17.5 Å². The van der Waals surface area contributed by atoms with E-state index in [4.69, 9.17) is 9.15 Å². The summed E-state index contributed by atoms with van der Waals surface area (Å²) in [5.41, 5.74) is 0.840. The molecule has 0 aliphatic carbocycles. The Morgan fingerprint density at radius 2 is 1.96 bits per heavy atom. The van der Waals surface area contributed by atoms with Gasteiger partial charge in [0.1, 0.15) is 5.75 Å². The molecule has 0 N–H and O–H groups in total. The average molecular weight is 408 g/mol. The van der Waals surface area contributed by atoms with Crippen molar-refractivity contribution in [3.05, 3.63) is 30.2 Å². The summed E-state index contributed by atoms with van der Waals surface area (Å²) in [4.78, 5) is 2.15. The van der Waals surface area contributed by atoms with Gasteiger partial charge in [-0.3, -0.25) is 4.90 Å². The van der Waals surface area contributed by atoms with Crippen molar-refractivity contribution >= 4 is 9.84 Å². The van der Waals surface area contributed by atoms with Gasteiger partial charge in [-0.05, 0) is 50.1 Å². The lowest BCUT2D eigenvalue weighted by molar-refractivity contribution is 0.185. The third kappa shape index (κ3) is 5.54. The zero-order valence-electron chi connectivity index (χ0n) is 16.6. The minimum Gasteiger partial charge on any atom is -0.494 e. The highest BCUT2D eigenvalue weighted by molar-refractivity contribution is 7.91. The van der Waals surface area contributed by atoms with Crippen molar-refractivity contribution in [2.24, 2.45) is 0 Å². The minimum absolute atomic E-state index is 0.0276. The van der Waals surface area contributed by atoms with E-state index in [1.807, 2.05) is 24.3 Å². The van der Waals surface area contributed by atoms with Gasteiger partial charge >= 0.3 is 0 Å². The van der Waals surface area contributed by atoms with Crippen LogP contribution in [0.4, 0.5) is 0 Å². The number of ether oxygens (including phenoxy) is 1. The molecule has 1 aromatic heterocycles. The first-order valence-electron chi connectivity index (χ1n) is 10.0. The topological polar surface area (TPSA) is 85.5 Å². The van der Waals surface area contributed by atoms with Gasteiger partial charge in [0.05, 0.1) is 24.7 Å². The van der Waals surface area contributed by atoms with Gasteiger partial charge in [-0.2, -0.15) is 0 Å². The second-order valence-corrected chi connectivity index (χ2v) is 9.48. The lowest BCUT2D eigenvalue weighted by Crippen LogP contribution is -2.36. The molecule has 1 aromatic carbocycles. The Hall–Kier alpha value is -1.93. The fourth-order valence-electron chi connectivity index (χ4n) is 3.38. The van der Waals surface area contributed by atoms with Gasteiger partial charge in [0.15, 0.2) is 9.84 Å². The lowest BCUT2D eigenvalue weighted by atomic mass is 10.2. The highest BCUT2D eigenvalue weighted by Gasteiger charge is 2.32. The van der Waals surface area contributed by atoms with Crippen molar-refractivity contribution in [2.75, 3.05) is 24.7 Å². The van der Waals surface area contributed by atoms with E-state index in [9.17, 15) is 8.42 Å². The van der Waals surface area contributed by atoms with Crippen LogP contribution in [0.2, 0.25) is 0 Å². The largest absolute Gasteiger partial charge is 0.494 e. The van der Waals surface area contributed by atoms with Gasteiger partial charge in [0.25, 0.3) is 0 Å². The van der Waals surface area contributed by atoms with Crippen molar-refractivity contribution in [2.45, 2.75) is 52.1 Å². The second-order valence-electron chi connectivity index (χ2n) is 7.25. The first-order valence-corrected chi connectivity index (χ1v) is 11.8. The fourth-order valence-corrected chi connectivity index (χ4v) is 5.14. The predicted molar refractivity (Wildman–Crippen MR) is 108 cm³/mol. The van der Waals surface area contributed by atoms with Crippen molar-refractivity contribution in [1.82, 2.24) is 15.1 Å². The van der Waals surface area contributed by atoms with Gasteiger partial charge < -0.3 is 9.15 Å². The number of unbranched alkanes of at least 4 members (excludes halogenated alkanes) is 1. The van der Waals surface area contributed by atoms with Crippen LogP contribution < -0.4 is 4.74 Å². The summed E-state index contributed by atoms with van der Waals surface area (Å²) >= 11 is 0. The van der Waals surface area contributed by atoms with E-state index >= 15 is 0 Å². The van der Waals surface area contributed by atoms with Crippen LogP contribution in [-0.4, -0.2) is 54.2 Å². The predicted octanol–water partition coefficient (Wildman–Crippen LogP) is 3.31. The van der Waals surface area contributed by atoms with E-state index < -0.39 is 9.84 Å². The van der Waals surface area contributed by atoms with E-state index in [1.54, 1.807) is 0 Å². The molecule has 1 unspecified atom stereocenters. The van der Waals surface area contributed by atoms with E-state index in [2.05, 4.69) is 28.9 Å². The maximum atomic E-state index is 11.8. The van der Waals surface area contributed by atoms with E-state index in [0.717, 1.165) is 37.1 Å². The smallest absolute Gasteiger partial charge is 0.247 e. The van der Waals surface area contributed by atoms with Crippen molar-refractivity contribution in [1.29, 1.82) is 0 Å². The minimum atomic E-state index is -2.92. The number of benzene rings is 1. The molecule has 1 fully saturated rings. The standard InChI is InChI=1S/C20H29N3O4S/c1-3-5-12-26-18-8-6-16(7-9-18)20-22-21-19(27-20)14-23(11-4-2)17-10-13-28(24,25)15-17/h6-9,17H,3-5,10-15H2,1-2H3. The zero-order valence-corrected chi connectivity index (χ0v) is 17.5. The Balaban J connectivity index is 1.64. The Kier molecular flexibility index (Phi) is 7.07. The number of nitrogens with zero attached hydrogens (tertiary/aromatic N) is 3. The number of rotatable bonds is 10. The molecule has 0 saturated carbocycles. The molecule has 28 heavy (non-hydrogen) atoms. The number of hydrogen-bond acceptors (Lipinski definition) is 7. The summed E-state index contributed by atoms with van der Waals surface area (Å²) in [7, 11) is -2.92. The summed E-state index contributed by atoms with van der Waals surface area (Å²) in [6.07, 6.45) is 3.75. The zero-order chi connectivity index (χ0) is 20.0. The van der Waals surface area contributed by atoms with Gasteiger partial charge in [0, 0.05) is 11.6 Å². The quantitative estimate of drug-likeness (QED) is 0.559. The number of sulfone groups is 1. The Morgan fingerprint density at radius 3 is 2.61 bits per heavy atom. The summed E-state index contributed by atoms with van der Waals surface area (Å²) < 4.78 is 35.1. The molecule has 3 rings (SSSR count). The van der Waals surface area contributed by atoms with Crippen LogP contribution in [-0.2, 0) is 16.4 Å². The van der Waals surface area contributed by atoms with Gasteiger partial charge in [-0.15, -0.1) is 10.2 Å². The van der Waals surface area contributed by atoms with Crippen molar-refractivity contribution < 1.29 is 17.6 Å². The number of hydrogen-bond donors (Lipinski definition) is 0. The normalized spacial score (nSPS) is 18.6. The van der Waals surface area contributed by atoms with Crippen LogP contribution in [0.15, 0.2) is 28.7 Å².